The molecule has 9 heteroatoms. The Labute approximate surface area is 279 Å². The molecule has 0 amide bonds. The molecule has 0 fully saturated rings. The third-order valence-electron chi connectivity index (χ3n) is 8.15. The highest BCUT2D eigenvalue weighted by molar-refractivity contribution is 9.10. The van der Waals surface area contributed by atoms with Crippen LogP contribution in [0.1, 0.15) is 55.0 Å². The summed E-state index contributed by atoms with van der Waals surface area (Å²) in [5.41, 5.74) is 4.40. The van der Waals surface area contributed by atoms with Crippen LogP contribution in [0.4, 0.5) is 0 Å². The maximum absolute atomic E-state index is 14.1. The average Bonchev–Trinajstić information content (AvgIpc) is 3.36. The second-order valence-electron chi connectivity index (χ2n) is 11.4. The Morgan fingerprint density at radius 2 is 1.78 bits per heavy atom. The van der Waals surface area contributed by atoms with Gasteiger partial charge in [0.25, 0.3) is 5.56 Å². The van der Waals surface area contributed by atoms with E-state index in [4.69, 9.17) is 14.2 Å². The number of benzene rings is 4. The lowest BCUT2D eigenvalue weighted by molar-refractivity contribution is -0.136. The first-order valence-corrected chi connectivity index (χ1v) is 16.5. The first-order valence-electron chi connectivity index (χ1n) is 14.9. The number of ether oxygens (including phenoxy) is 3. The molecule has 6 rings (SSSR count). The predicted molar refractivity (Wildman–Crippen MR) is 185 cm³/mol. The van der Waals surface area contributed by atoms with Crippen molar-refractivity contribution in [2.24, 2.45) is 4.99 Å². The number of aromatic nitrogens is 1. The summed E-state index contributed by atoms with van der Waals surface area (Å²) >= 11 is 4.94. The minimum Gasteiger partial charge on any atom is -0.493 e. The quantitative estimate of drug-likeness (QED) is 0.163. The average molecular weight is 698 g/mol. The van der Waals surface area contributed by atoms with E-state index in [1.165, 1.54) is 24.0 Å². The molecule has 2 heterocycles. The van der Waals surface area contributed by atoms with Crippen molar-refractivity contribution in [2.45, 2.75) is 39.3 Å². The van der Waals surface area contributed by atoms with Crippen molar-refractivity contribution in [3.63, 3.8) is 0 Å². The fourth-order valence-corrected chi connectivity index (χ4v) is 7.37. The SMILES string of the molecule is COC(=O)C1=C(C)N=c2s/c(=C\c3cc(Br)c(OCc4cccc5ccccc45)c(OC)c3)c(=O)n2[C@H]1c1ccc(C(C)C)cc1. The summed E-state index contributed by atoms with van der Waals surface area (Å²) in [7, 11) is 2.93. The van der Waals surface area contributed by atoms with Crippen molar-refractivity contribution in [1.82, 2.24) is 4.57 Å². The van der Waals surface area contributed by atoms with Gasteiger partial charge in [-0.1, -0.05) is 91.9 Å². The predicted octanol–water partition coefficient (Wildman–Crippen LogP) is 7.03. The maximum Gasteiger partial charge on any atom is 0.338 e. The van der Waals surface area contributed by atoms with Gasteiger partial charge in [-0.3, -0.25) is 9.36 Å². The van der Waals surface area contributed by atoms with Crippen LogP contribution in [-0.4, -0.2) is 24.8 Å². The number of thiazole rings is 1. The number of halogens is 1. The first kappa shape index (κ1) is 31.5. The summed E-state index contributed by atoms with van der Waals surface area (Å²) in [4.78, 5) is 32.2. The Bertz CT molecular complexity index is 2180. The zero-order chi connectivity index (χ0) is 32.5. The van der Waals surface area contributed by atoms with E-state index < -0.39 is 12.0 Å². The van der Waals surface area contributed by atoms with Gasteiger partial charge >= 0.3 is 5.97 Å². The standard InChI is InChI=1S/C37H33BrN2O5S/c1-21(2)24-13-15-26(16-14-24)33-32(36(42)44-5)22(3)39-37-40(33)35(41)31(46-37)19-23-17-29(38)34(30(18-23)43-4)45-20-27-11-8-10-25-9-6-7-12-28(25)27/h6-19,21,33H,20H2,1-5H3/b31-19-/t33-/m0/s1. The Morgan fingerprint density at radius 3 is 2.50 bits per heavy atom. The summed E-state index contributed by atoms with van der Waals surface area (Å²) in [6, 6.07) is 25.4. The van der Waals surface area contributed by atoms with E-state index in [2.05, 4.69) is 59.0 Å². The molecular weight excluding hydrogens is 664 g/mol. The lowest BCUT2D eigenvalue weighted by Gasteiger charge is -2.24. The van der Waals surface area contributed by atoms with Gasteiger partial charge in [0.15, 0.2) is 16.3 Å². The Kier molecular flexibility index (Phi) is 8.97. The van der Waals surface area contributed by atoms with Gasteiger partial charge in [0.05, 0.1) is 40.5 Å². The molecule has 0 aliphatic carbocycles. The highest BCUT2D eigenvalue weighted by Crippen LogP contribution is 2.38. The summed E-state index contributed by atoms with van der Waals surface area (Å²) < 4.78 is 19.9. The van der Waals surface area contributed by atoms with Gasteiger partial charge in [-0.05, 0) is 80.0 Å². The fraction of sp³-hybridized carbons (Fsp3) is 0.216. The Balaban J connectivity index is 1.39. The Morgan fingerprint density at radius 1 is 1.04 bits per heavy atom. The number of hydrogen-bond donors (Lipinski definition) is 0. The van der Waals surface area contributed by atoms with Gasteiger partial charge in [-0.2, -0.15) is 0 Å². The van der Waals surface area contributed by atoms with Crippen molar-refractivity contribution in [3.05, 3.63) is 137 Å². The van der Waals surface area contributed by atoms with Gasteiger partial charge in [-0.15, -0.1) is 0 Å². The third-order valence-corrected chi connectivity index (χ3v) is 9.72. The van der Waals surface area contributed by atoms with Crippen molar-refractivity contribution >= 4 is 50.1 Å². The van der Waals surface area contributed by atoms with Crippen LogP contribution in [0.3, 0.4) is 0 Å². The smallest absolute Gasteiger partial charge is 0.338 e. The normalized spacial score (nSPS) is 14.8. The number of methoxy groups -OCH3 is 2. The van der Waals surface area contributed by atoms with Crippen LogP contribution in [0.2, 0.25) is 0 Å². The maximum atomic E-state index is 14.1. The van der Waals surface area contributed by atoms with E-state index in [9.17, 15) is 9.59 Å². The van der Waals surface area contributed by atoms with Crippen molar-refractivity contribution in [2.75, 3.05) is 14.2 Å². The first-order chi connectivity index (χ1) is 22.2. The molecule has 5 aromatic rings. The Hall–Kier alpha value is -4.47. The molecule has 1 aliphatic rings. The largest absolute Gasteiger partial charge is 0.493 e. The highest BCUT2D eigenvalue weighted by Gasteiger charge is 2.33. The molecular formula is C37H33BrN2O5S. The summed E-state index contributed by atoms with van der Waals surface area (Å²) in [5.74, 6) is 0.929. The topological polar surface area (TPSA) is 79.1 Å². The van der Waals surface area contributed by atoms with Crippen LogP contribution in [0.25, 0.3) is 16.8 Å². The number of hydrogen-bond acceptors (Lipinski definition) is 7. The molecule has 46 heavy (non-hydrogen) atoms. The molecule has 0 saturated heterocycles. The lowest BCUT2D eigenvalue weighted by atomic mass is 9.93. The van der Waals surface area contributed by atoms with Gasteiger partial charge in [0, 0.05) is 0 Å². The monoisotopic (exact) mass is 696 g/mol. The zero-order valence-electron chi connectivity index (χ0n) is 26.2. The van der Waals surface area contributed by atoms with Crippen molar-refractivity contribution < 1.29 is 19.0 Å². The molecule has 0 bridgehead atoms. The molecule has 1 atom stereocenters. The molecule has 0 spiro atoms. The van der Waals surface area contributed by atoms with E-state index in [1.807, 2.05) is 60.7 Å². The van der Waals surface area contributed by atoms with Gasteiger partial charge < -0.3 is 14.2 Å². The van der Waals surface area contributed by atoms with Gasteiger partial charge in [0.1, 0.15) is 6.61 Å². The van der Waals surface area contributed by atoms with Crippen LogP contribution in [0.5, 0.6) is 11.5 Å². The molecule has 0 saturated carbocycles. The van der Waals surface area contributed by atoms with Crippen LogP contribution in [-0.2, 0) is 16.1 Å². The van der Waals surface area contributed by atoms with Gasteiger partial charge in [0.2, 0.25) is 0 Å². The molecule has 4 aromatic carbocycles. The number of esters is 1. The molecule has 0 unspecified atom stereocenters. The molecule has 0 N–H and O–H groups in total. The summed E-state index contributed by atoms with van der Waals surface area (Å²) in [5, 5.41) is 2.28. The van der Waals surface area contributed by atoms with E-state index >= 15 is 0 Å². The molecule has 234 valence electrons. The van der Waals surface area contributed by atoms with E-state index in [-0.39, 0.29) is 5.56 Å². The van der Waals surface area contributed by atoms with Crippen LogP contribution in [0.15, 0.2) is 104 Å². The lowest BCUT2D eigenvalue weighted by Crippen LogP contribution is -2.39. The number of nitrogens with zero attached hydrogens (tertiary/aromatic N) is 2. The second kappa shape index (κ2) is 13.1. The summed E-state index contributed by atoms with van der Waals surface area (Å²) in [6.07, 6.45) is 1.81. The number of allylic oxidation sites excluding steroid dienone is 1. The second-order valence-corrected chi connectivity index (χ2v) is 13.2. The molecule has 0 radical (unpaired) electrons. The van der Waals surface area contributed by atoms with Crippen molar-refractivity contribution in [3.8, 4) is 11.5 Å². The zero-order valence-corrected chi connectivity index (χ0v) is 28.6. The molecule has 1 aliphatic heterocycles. The van der Waals surface area contributed by atoms with E-state index in [1.54, 1.807) is 18.6 Å². The molecule has 7 nitrogen and oxygen atoms in total. The van der Waals surface area contributed by atoms with Gasteiger partial charge in [-0.25, -0.2) is 9.79 Å². The number of carbonyl (C=O) groups is 1. The van der Waals surface area contributed by atoms with E-state index in [0.717, 1.165) is 27.5 Å². The highest BCUT2D eigenvalue weighted by atomic mass is 79.9. The molecule has 1 aromatic heterocycles. The minimum absolute atomic E-state index is 0.248. The van der Waals surface area contributed by atoms with E-state index in [0.29, 0.717) is 49.1 Å². The fourth-order valence-electron chi connectivity index (χ4n) is 5.75. The van der Waals surface area contributed by atoms with Crippen molar-refractivity contribution in [1.29, 1.82) is 0 Å². The number of carbonyl (C=O) groups excluding carboxylic acids is 1. The van der Waals surface area contributed by atoms with Crippen LogP contribution < -0.4 is 24.4 Å². The summed E-state index contributed by atoms with van der Waals surface area (Å²) in [6.45, 7) is 6.38. The van der Waals surface area contributed by atoms with Crippen LogP contribution >= 0.6 is 27.3 Å². The number of fused-ring (bicyclic) bond motifs is 2. The third kappa shape index (κ3) is 5.92. The number of rotatable bonds is 8. The minimum atomic E-state index is -0.668. The van der Waals surface area contributed by atoms with Crippen LogP contribution in [0, 0.1) is 0 Å².